The Balaban J connectivity index is 2.43. The van der Waals surface area contributed by atoms with Gasteiger partial charge in [-0.15, -0.1) is 0 Å². The Hall–Kier alpha value is -2.82. The predicted octanol–water partition coefficient (Wildman–Crippen LogP) is 6.69. The van der Waals surface area contributed by atoms with E-state index >= 15 is 0 Å². The molecule has 0 aliphatic carbocycles. The van der Waals surface area contributed by atoms with Gasteiger partial charge in [0.05, 0.1) is 5.92 Å². The van der Waals surface area contributed by atoms with E-state index in [9.17, 15) is 9.59 Å². The molecule has 192 valence electrons. The van der Waals surface area contributed by atoms with Gasteiger partial charge in [-0.2, -0.15) is 0 Å². The summed E-state index contributed by atoms with van der Waals surface area (Å²) in [5, 5.41) is 3.06. The fourth-order valence-electron chi connectivity index (χ4n) is 4.32. The first kappa shape index (κ1) is 28.4. The maximum Gasteiger partial charge on any atom is 0.230 e. The van der Waals surface area contributed by atoms with Crippen LogP contribution in [0, 0.1) is 11.3 Å². The van der Waals surface area contributed by atoms with Crippen LogP contribution >= 0.6 is 0 Å². The second-order valence-electron chi connectivity index (χ2n) is 11.3. The lowest BCUT2D eigenvalue weighted by molar-refractivity contribution is -0.136. The third-order valence-corrected chi connectivity index (χ3v) is 6.52. The molecule has 2 atom stereocenters. The number of nitrogens with one attached hydrogen (secondary N) is 1. The smallest absolute Gasteiger partial charge is 0.230 e. The number of benzene rings is 2. The molecule has 0 aromatic heterocycles. The van der Waals surface area contributed by atoms with Gasteiger partial charge in [0.2, 0.25) is 11.8 Å². The molecule has 35 heavy (non-hydrogen) atoms. The van der Waals surface area contributed by atoms with E-state index in [0.717, 1.165) is 28.9 Å². The lowest BCUT2D eigenvalue weighted by atomic mass is 9.92. The van der Waals surface area contributed by atoms with Crippen molar-refractivity contribution in [3.8, 4) is 0 Å². The Labute approximate surface area is 212 Å². The average Bonchev–Trinajstić information content (AvgIpc) is 2.76. The molecular formula is C30H45N3O2. The van der Waals surface area contributed by atoms with Gasteiger partial charge in [0.25, 0.3) is 0 Å². The predicted molar refractivity (Wildman–Crippen MR) is 148 cm³/mol. The van der Waals surface area contributed by atoms with Crippen LogP contribution in [0.2, 0.25) is 0 Å². The zero-order chi connectivity index (χ0) is 26.3. The van der Waals surface area contributed by atoms with Crippen LogP contribution in [-0.2, 0) is 16.1 Å². The second-order valence-corrected chi connectivity index (χ2v) is 11.3. The number of hydrogen-bond donors (Lipinski definition) is 1. The summed E-state index contributed by atoms with van der Waals surface area (Å²) >= 11 is 0. The molecule has 0 unspecified atom stereocenters. The van der Waals surface area contributed by atoms with E-state index in [2.05, 4.69) is 58.7 Å². The molecule has 0 spiro atoms. The van der Waals surface area contributed by atoms with Crippen LogP contribution in [-0.4, -0.2) is 36.9 Å². The van der Waals surface area contributed by atoms with E-state index in [1.807, 2.05) is 67.5 Å². The number of rotatable bonds is 10. The largest absolute Gasteiger partial charge is 0.377 e. The standard InChI is InChI=1S/C30H45N3O2/c1-10-26(23-14-12-11-13-15-23)29(35)33(22(4)21(2)3)20-24-18-25(16-17-27(24)32(8)9)31-28(34)19-30(5,6)7/h11-18,21-22,26H,10,19-20H2,1-9H3,(H,31,34)/t22-,26+/m0/s1. The molecule has 2 rings (SSSR count). The van der Waals surface area contributed by atoms with E-state index in [4.69, 9.17) is 0 Å². The number of carbonyl (C=O) groups is 2. The molecule has 0 radical (unpaired) electrons. The number of amides is 2. The first-order valence-electron chi connectivity index (χ1n) is 12.8. The minimum atomic E-state index is -0.185. The van der Waals surface area contributed by atoms with Crippen molar-refractivity contribution >= 4 is 23.2 Å². The molecule has 0 aliphatic heterocycles. The highest BCUT2D eigenvalue weighted by Gasteiger charge is 2.30. The normalized spacial score (nSPS) is 13.3. The molecule has 0 aliphatic rings. The molecule has 2 amide bonds. The summed E-state index contributed by atoms with van der Waals surface area (Å²) in [7, 11) is 4.01. The van der Waals surface area contributed by atoms with Gasteiger partial charge in [0.1, 0.15) is 0 Å². The summed E-state index contributed by atoms with van der Waals surface area (Å²) in [5.74, 6) is 0.269. The van der Waals surface area contributed by atoms with Crippen molar-refractivity contribution in [2.45, 2.75) is 79.8 Å². The summed E-state index contributed by atoms with van der Waals surface area (Å²) in [6.07, 6.45) is 1.19. The van der Waals surface area contributed by atoms with Crippen LogP contribution in [0.5, 0.6) is 0 Å². The molecule has 1 N–H and O–H groups in total. The van der Waals surface area contributed by atoms with E-state index in [0.29, 0.717) is 18.9 Å². The fourth-order valence-corrected chi connectivity index (χ4v) is 4.32. The minimum absolute atomic E-state index is 0.000316. The van der Waals surface area contributed by atoms with Gasteiger partial charge in [0, 0.05) is 44.5 Å². The summed E-state index contributed by atoms with van der Waals surface area (Å²) in [4.78, 5) is 30.6. The van der Waals surface area contributed by atoms with Crippen molar-refractivity contribution in [1.29, 1.82) is 0 Å². The number of nitrogens with zero attached hydrogens (tertiary/aromatic N) is 2. The Kier molecular flexibility index (Phi) is 9.93. The van der Waals surface area contributed by atoms with Crippen LogP contribution in [0.3, 0.4) is 0 Å². The maximum atomic E-state index is 14.0. The zero-order valence-corrected chi connectivity index (χ0v) is 23.2. The van der Waals surface area contributed by atoms with Crippen LogP contribution in [0.25, 0.3) is 0 Å². The molecular weight excluding hydrogens is 434 g/mol. The van der Waals surface area contributed by atoms with E-state index in [-0.39, 0.29) is 29.2 Å². The van der Waals surface area contributed by atoms with Crippen molar-refractivity contribution in [2.75, 3.05) is 24.3 Å². The number of carbonyl (C=O) groups excluding carboxylic acids is 2. The highest BCUT2D eigenvalue weighted by molar-refractivity contribution is 5.91. The highest BCUT2D eigenvalue weighted by atomic mass is 16.2. The Morgan fingerprint density at radius 2 is 1.60 bits per heavy atom. The van der Waals surface area contributed by atoms with Gasteiger partial charge in [-0.25, -0.2) is 0 Å². The topological polar surface area (TPSA) is 52.7 Å². The molecule has 0 fully saturated rings. The van der Waals surface area contributed by atoms with Gasteiger partial charge >= 0.3 is 0 Å². The maximum absolute atomic E-state index is 14.0. The van der Waals surface area contributed by atoms with Crippen molar-refractivity contribution in [3.05, 3.63) is 59.7 Å². The van der Waals surface area contributed by atoms with Gasteiger partial charge in [-0.3, -0.25) is 9.59 Å². The number of anilines is 2. The van der Waals surface area contributed by atoms with Crippen LogP contribution < -0.4 is 10.2 Å². The van der Waals surface area contributed by atoms with Gasteiger partial charge < -0.3 is 15.1 Å². The zero-order valence-electron chi connectivity index (χ0n) is 23.2. The third-order valence-electron chi connectivity index (χ3n) is 6.52. The first-order chi connectivity index (χ1) is 16.3. The van der Waals surface area contributed by atoms with Gasteiger partial charge in [-0.1, -0.05) is 71.9 Å². The second kappa shape index (κ2) is 12.2. The minimum Gasteiger partial charge on any atom is -0.377 e. The van der Waals surface area contributed by atoms with Crippen molar-refractivity contribution < 1.29 is 9.59 Å². The lowest BCUT2D eigenvalue weighted by Gasteiger charge is -2.36. The SMILES string of the molecule is CC[C@@H](C(=O)N(Cc1cc(NC(=O)CC(C)(C)C)ccc1N(C)C)[C@@H](C)C(C)C)c1ccccc1. The van der Waals surface area contributed by atoms with Crippen molar-refractivity contribution in [1.82, 2.24) is 4.90 Å². The number of hydrogen-bond acceptors (Lipinski definition) is 3. The van der Waals surface area contributed by atoms with Gasteiger partial charge in [-0.05, 0) is 54.0 Å². The third kappa shape index (κ3) is 8.12. The summed E-state index contributed by atoms with van der Waals surface area (Å²) in [6, 6.07) is 16.1. The molecule has 5 nitrogen and oxygen atoms in total. The molecule has 5 heteroatoms. The van der Waals surface area contributed by atoms with E-state index in [1.54, 1.807) is 0 Å². The molecule has 0 bridgehead atoms. The average molecular weight is 480 g/mol. The van der Waals surface area contributed by atoms with Crippen LogP contribution in [0.1, 0.15) is 78.4 Å². The van der Waals surface area contributed by atoms with Crippen LogP contribution in [0.4, 0.5) is 11.4 Å². The van der Waals surface area contributed by atoms with E-state index in [1.165, 1.54) is 0 Å². The first-order valence-corrected chi connectivity index (χ1v) is 12.8. The van der Waals surface area contributed by atoms with Crippen molar-refractivity contribution in [3.63, 3.8) is 0 Å². The van der Waals surface area contributed by atoms with Crippen molar-refractivity contribution in [2.24, 2.45) is 11.3 Å². The lowest BCUT2D eigenvalue weighted by Crippen LogP contribution is -2.43. The Morgan fingerprint density at radius 3 is 2.11 bits per heavy atom. The molecule has 2 aromatic carbocycles. The summed E-state index contributed by atoms with van der Waals surface area (Å²) in [6.45, 7) is 15.2. The highest BCUT2D eigenvalue weighted by Crippen LogP contribution is 2.30. The quantitative estimate of drug-likeness (QED) is 0.413. The molecule has 0 saturated carbocycles. The molecule has 0 saturated heterocycles. The Bertz CT molecular complexity index is 977. The fraction of sp³-hybridized carbons (Fsp3) is 0.533. The van der Waals surface area contributed by atoms with Crippen LogP contribution in [0.15, 0.2) is 48.5 Å². The molecule has 2 aromatic rings. The van der Waals surface area contributed by atoms with Gasteiger partial charge in [0.15, 0.2) is 0 Å². The monoisotopic (exact) mass is 479 g/mol. The summed E-state index contributed by atoms with van der Waals surface area (Å²) in [5.41, 5.74) is 3.79. The van der Waals surface area contributed by atoms with E-state index < -0.39 is 0 Å². The summed E-state index contributed by atoms with van der Waals surface area (Å²) < 4.78 is 0. The Morgan fingerprint density at radius 1 is 0.971 bits per heavy atom. The molecule has 0 heterocycles.